The SMILES string of the molecule is CCOC(=O)c1c(N)nc2c(c1N)C(c1ccc(Cl)cc1)C1=C(CC(C)(C)CC1=O)O2. The average molecular weight is 442 g/mol. The number of aromatic nitrogens is 1. The van der Waals surface area contributed by atoms with Gasteiger partial charge in [0.15, 0.2) is 5.78 Å². The van der Waals surface area contributed by atoms with Crippen LogP contribution in [0.1, 0.15) is 61.0 Å². The summed E-state index contributed by atoms with van der Waals surface area (Å²) in [5.74, 6) is -0.559. The van der Waals surface area contributed by atoms with Crippen LogP contribution in [0.15, 0.2) is 35.6 Å². The van der Waals surface area contributed by atoms with E-state index >= 15 is 0 Å². The minimum absolute atomic E-state index is 0.0178. The summed E-state index contributed by atoms with van der Waals surface area (Å²) in [6.07, 6.45) is 0.945. The Labute approximate surface area is 185 Å². The number of nitrogen functional groups attached to an aromatic ring is 2. The molecular weight excluding hydrogens is 418 g/mol. The lowest BCUT2D eigenvalue weighted by Crippen LogP contribution is -2.34. The number of esters is 1. The molecule has 7 nitrogen and oxygen atoms in total. The number of nitrogens with two attached hydrogens (primary N) is 2. The predicted octanol–water partition coefficient (Wildman–Crippen LogP) is 4.24. The monoisotopic (exact) mass is 441 g/mol. The Kier molecular flexibility index (Phi) is 5.17. The summed E-state index contributed by atoms with van der Waals surface area (Å²) >= 11 is 6.09. The number of rotatable bonds is 3. The summed E-state index contributed by atoms with van der Waals surface area (Å²) in [4.78, 5) is 30.1. The van der Waals surface area contributed by atoms with Crippen molar-refractivity contribution >= 4 is 34.9 Å². The summed E-state index contributed by atoms with van der Waals surface area (Å²) in [6, 6.07) is 7.16. The molecule has 0 bridgehead atoms. The zero-order valence-electron chi connectivity index (χ0n) is 17.6. The van der Waals surface area contributed by atoms with Gasteiger partial charge in [0.05, 0.1) is 17.9 Å². The first-order valence-electron chi connectivity index (χ1n) is 10.1. The van der Waals surface area contributed by atoms with Gasteiger partial charge in [-0.2, -0.15) is 4.98 Å². The standard InChI is InChI=1S/C23H24ClN3O4/c1-4-30-22(29)18-19(25)17-15(11-5-7-12(24)8-6-11)16-13(28)9-23(2,3)10-14(16)31-21(17)27-20(18)26/h5-8,15H,4,9-10H2,1-3H3,(H4,25,26,27). The fraction of sp³-hybridized carbons (Fsp3) is 0.348. The Balaban J connectivity index is 1.98. The third-order valence-corrected chi connectivity index (χ3v) is 5.88. The van der Waals surface area contributed by atoms with Gasteiger partial charge < -0.3 is 20.9 Å². The van der Waals surface area contributed by atoms with Crippen molar-refractivity contribution in [3.05, 3.63) is 57.3 Å². The van der Waals surface area contributed by atoms with Gasteiger partial charge in [-0.3, -0.25) is 4.79 Å². The number of halogens is 1. The van der Waals surface area contributed by atoms with Crippen LogP contribution < -0.4 is 16.2 Å². The quantitative estimate of drug-likeness (QED) is 0.683. The van der Waals surface area contributed by atoms with Crippen LogP contribution in [0, 0.1) is 5.41 Å². The number of carbonyl (C=O) groups excluding carboxylic acids is 2. The third-order valence-electron chi connectivity index (χ3n) is 5.63. The Bertz CT molecular complexity index is 1120. The molecule has 1 aromatic carbocycles. The number of benzene rings is 1. The Morgan fingerprint density at radius 2 is 1.94 bits per heavy atom. The fourth-order valence-corrected chi connectivity index (χ4v) is 4.45. The number of hydrogen-bond donors (Lipinski definition) is 2. The molecule has 1 unspecified atom stereocenters. The van der Waals surface area contributed by atoms with Gasteiger partial charge in [0.2, 0.25) is 5.88 Å². The number of nitrogens with zero attached hydrogens (tertiary/aromatic N) is 1. The van der Waals surface area contributed by atoms with E-state index in [-0.39, 0.29) is 40.8 Å². The molecule has 4 rings (SSSR count). The van der Waals surface area contributed by atoms with E-state index in [0.717, 1.165) is 5.56 Å². The molecule has 4 N–H and O–H groups in total. The van der Waals surface area contributed by atoms with Crippen molar-refractivity contribution in [2.75, 3.05) is 18.1 Å². The van der Waals surface area contributed by atoms with Crippen molar-refractivity contribution in [2.45, 2.75) is 39.5 Å². The maximum absolute atomic E-state index is 13.3. The van der Waals surface area contributed by atoms with Gasteiger partial charge in [-0.25, -0.2) is 4.79 Å². The Hall–Kier alpha value is -3.06. The number of hydrogen-bond acceptors (Lipinski definition) is 7. The highest BCUT2D eigenvalue weighted by Crippen LogP contribution is 2.52. The van der Waals surface area contributed by atoms with Gasteiger partial charge >= 0.3 is 5.97 Å². The van der Waals surface area contributed by atoms with Crippen LogP contribution >= 0.6 is 11.6 Å². The number of anilines is 2. The van der Waals surface area contributed by atoms with Crippen LogP contribution in [0.5, 0.6) is 5.88 Å². The largest absolute Gasteiger partial charge is 0.462 e. The maximum Gasteiger partial charge on any atom is 0.344 e. The Morgan fingerprint density at radius 3 is 2.58 bits per heavy atom. The highest BCUT2D eigenvalue weighted by molar-refractivity contribution is 6.30. The van der Waals surface area contributed by atoms with Crippen LogP contribution in [-0.2, 0) is 9.53 Å². The molecule has 0 spiro atoms. The van der Waals surface area contributed by atoms with E-state index in [1.54, 1.807) is 19.1 Å². The number of ketones is 1. The second-order valence-corrected chi connectivity index (χ2v) is 9.03. The van der Waals surface area contributed by atoms with Crippen molar-refractivity contribution in [1.82, 2.24) is 4.98 Å². The minimum Gasteiger partial charge on any atom is -0.462 e. The first-order chi connectivity index (χ1) is 14.6. The molecule has 0 saturated carbocycles. The van der Waals surface area contributed by atoms with Crippen LogP contribution in [0.25, 0.3) is 0 Å². The normalized spacial score (nSPS) is 19.4. The lowest BCUT2D eigenvalue weighted by atomic mass is 9.70. The number of ether oxygens (including phenoxy) is 2. The number of allylic oxidation sites excluding steroid dienone is 2. The number of fused-ring (bicyclic) bond motifs is 1. The lowest BCUT2D eigenvalue weighted by molar-refractivity contribution is -0.118. The molecule has 2 aliphatic rings. The van der Waals surface area contributed by atoms with Gasteiger partial charge in [-0.05, 0) is 30.0 Å². The van der Waals surface area contributed by atoms with Gasteiger partial charge in [0, 0.05) is 29.4 Å². The van der Waals surface area contributed by atoms with E-state index in [1.807, 2.05) is 26.0 Å². The second-order valence-electron chi connectivity index (χ2n) is 8.59. The molecular formula is C23H24ClN3O4. The van der Waals surface area contributed by atoms with Gasteiger partial charge in [0.25, 0.3) is 0 Å². The summed E-state index contributed by atoms with van der Waals surface area (Å²) in [5.41, 5.74) is 14.1. The van der Waals surface area contributed by atoms with Crippen molar-refractivity contribution in [3.8, 4) is 5.88 Å². The van der Waals surface area contributed by atoms with Gasteiger partial charge in [0.1, 0.15) is 17.1 Å². The molecule has 1 atom stereocenters. The zero-order chi connectivity index (χ0) is 22.5. The topological polar surface area (TPSA) is 118 Å². The van der Waals surface area contributed by atoms with E-state index in [4.69, 9.17) is 32.5 Å². The first kappa shape index (κ1) is 21.2. The van der Waals surface area contributed by atoms with Crippen LogP contribution in [0.3, 0.4) is 0 Å². The fourth-order valence-electron chi connectivity index (χ4n) is 4.33. The minimum atomic E-state index is -0.668. The van der Waals surface area contributed by atoms with E-state index in [1.165, 1.54) is 0 Å². The number of carbonyl (C=O) groups is 2. The van der Waals surface area contributed by atoms with Crippen LogP contribution in [-0.4, -0.2) is 23.3 Å². The van der Waals surface area contributed by atoms with Crippen molar-refractivity contribution in [2.24, 2.45) is 5.41 Å². The Morgan fingerprint density at radius 1 is 1.26 bits per heavy atom. The molecule has 0 radical (unpaired) electrons. The van der Waals surface area contributed by atoms with Gasteiger partial charge in [-0.15, -0.1) is 0 Å². The molecule has 31 heavy (non-hydrogen) atoms. The molecule has 1 aromatic heterocycles. The number of Topliss-reactive ketones (excluding diaryl/α,β-unsaturated/α-hetero) is 1. The molecule has 2 aromatic rings. The molecule has 1 aliphatic carbocycles. The second kappa shape index (κ2) is 7.57. The average Bonchev–Trinajstić information content (AvgIpc) is 2.66. The van der Waals surface area contributed by atoms with Crippen molar-refractivity contribution < 1.29 is 19.1 Å². The van der Waals surface area contributed by atoms with E-state index in [0.29, 0.717) is 34.8 Å². The molecule has 0 saturated heterocycles. The molecule has 0 fully saturated rings. The molecule has 0 amide bonds. The first-order valence-corrected chi connectivity index (χ1v) is 10.5. The molecule has 162 valence electrons. The van der Waals surface area contributed by atoms with E-state index < -0.39 is 11.9 Å². The summed E-state index contributed by atoms with van der Waals surface area (Å²) in [7, 11) is 0. The smallest absolute Gasteiger partial charge is 0.344 e. The highest BCUT2D eigenvalue weighted by Gasteiger charge is 2.44. The third kappa shape index (κ3) is 3.63. The zero-order valence-corrected chi connectivity index (χ0v) is 18.4. The highest BCUT2D eigenvalue weighted by atomic mass is 35.5. The van der Waals surface area contributed by atoms with Gasteiger partial charge in [-0.1, -0.05) is 37.6 Å². The van der Waals surface area contributed by atoms with Crippen molar-refractivity contribution in [1.29, 1.82) is 0 Å². The molecule has 8 heteroatoms. The number of pyridine rings is 1. The van der Waals surface area contributed by atoms with Crippen LogP contribution in [0.2, 0.25) is 5.02 Å². The summed E-state index contributed by atoms with van der Waals surface area (Å²) in [5, 5.41) is 0.567. The predicted molar refractivity (Wildman–Crippen MR) is 118 cm³/mol. The summed E-state index contributed by atoms with van der Waals surface area (Å²) in [6.45, 7) is 5.89. The van der Waals surface area contributed by atoms with Crippen LogP contribution in [0.4, 0.5) is 11.5 Å². The summed E-state index contributed by atoms with van der Waals surface area (Å²) < 4.78 is 11.2. The maximum atomic E-state index is 13.3. The van der Waals surface area contributed by atoms with E-state index in [2.05, 4.69) is 4.98 Å². The van der Waals surface area contributed by atoms with Crippen molar-refractivity contribution in [3.63, 3.8) is 0 Å². The lowest BCUT2D eigenvalue weighted by Gasteiger charge is -2.38. The van der Waals surface area contributed by atoms with E-state index in [9.17, 15) is 9.59 Å². The molecule has 2 heterocycles. The molecule has 1 aliphatic heterocycles.